The number of imide groups is 1. The molecule has 0 aromatic heterocycles. The Hall–Kier alpha value is -2.62. The maximum absolute atomic E-state index is 12.9. The van der Waals surface area contributed by atoms with Gasteiger partial charge in [-0.15, -0.1) is 0 Å². The highest BCUT2D eigenvalue weighted by molar-refractivity contribution is 7.90. The molecule has 1 saturated heterocycles. The Bertz CT molecular complexity index is 1150. The van der Waals surface area contributed by atoms with Crippen molar-refractivity contribution in [3.63, 3.8) is 0 Å². The number of nitrogens with one attached hydrogen (secondary N) is 2. The van der Waals surface area contributed by atoms with Crippen LogP contribution in [-0.2, 0) is 25.0 Å². The molecule has 2 aromatic carbocycles. The fraction of sp³-hybridized carbons (Fsp3) is 0.211. The molecule has 0 saturated carbocycles. The number of anilines is 1. The first-order chi connectivity index (χ1) is 13.9. The monoisotopic (exact) mass is 469 g/mol. The lowest BCUT2D eigenvalue weighted by atomic mass is 9.92. The molecule has 0 unspecified atom stereocenters. The summed E-state index contributed by atoms with van der Waals surface area (Å²) in [6.07, 6.45) is 1.07. The van der Waals surface area contributed by atoms with E-state index in [0.717, 1.165) is 11.2 Å². The average Bonchev–Trinajstić information content (AvgIpc) is 2.87. The molecule has 1 heterocycles. The standard InChI is InChI=1S/C19H17Cl2N3O5S/c1-19(11-3-8-14(20)15(21)9-11)17(26)24(18(27)23-19)10-16(25)22-12-4-6-13(7-5-12)30(2,28)29/h3-9H,10H2,1-2H3,(H,22,25)(H,23,27)/t19-/m1/s1. The van der Waals surface area contributed by atoms with E-state index in [2.05, 4.69) is 10.6 Å². The Morgan fingerprint density at radius 2 is 1.73 bits per heavy atom. The van der Waals surface area contributed by atoms with Crippen molar-refractivity contribution in [2.45, 2.75) is 17.4 Å². The molecule has 11 heteroatoms. The van der Waals surface area contributed by atoms with Crippen molar-refractivity contribution in [1.82, 2.24) is 10.2 Å². The summed E-state index contributed by atoms with van der Waals surface area (Å²) in [5.74, 6) is -1.24. The van der Waals surface area contributed by atoms with Crippen molar-refractivity contribution < 1.29 is 22.8 Å². The Labute approximate surface area is 183 Å². The molecule has 1 aliphatic rings. The van der Waals surface area contributed by atoms with Crippen LogP contribution in [0.15, 0.2) is 47.4 Å². The van der Waals surface area contributed by atoms with Gasteiger partial charge in [-0.3, -0.25) is 14.5 Å². The highest BCUT2D eigenvalue weighted by Crippen LogP contribution is 2.33. The van der Waals surface area contributed by atoms with Crippen molar-refractivity contribution in [2.24, 2.45) is 0 Å². The van der Waals surface area contributed by atoms with Crippen LogP contribution < -0.4 is 10.6 Å². The smallest absolute Gasteiger partial charge is 0.325 e. The number of benzene rings is 2. The Morgan fingerprint density at radius 3 is 2.30 bits per heavy atom. The molecular formula is C19H17Cl2N3O5S. The summed E-state index contributed by atoms with van der Waals surface area (Å²) in [4.78, 5) is 38.5. The van der Waals surface area contributed by atoms with Gasteiger partial charge >= 0.3 is 6.03 Å². The van der Waals surface area contributed by atoms with Gasteiger partial charge in [0.15, 0.2) is 9.84 Å². The average molecular weight is 470 g/mol. The van der Waals surface area contributed by atoms with E-state index in [1.807, 2.05) is 0 Å². The van der Waals surface area contributed by atoms with E-state index < -0.39 is 39.8 Å². The molecule has 2 aromatic rings. The summed E-state index contributed by atoms with van der Waals surface area (Å²) in [6, 6.07) is 9.37. The summed E-state index contributed by atoms with van der Waals surface area (Å²) in [5.41, 5.74) is -0.649. The largest absolute Gasteiger partial charge is 0.325 e. The van der Waals surface area contributed by atoms with Crippen LogP contribution in [0, 0.1) is 0 Å². The highest BCUT2D eigenvalue weighted by atomic mass is 35.5. The van der Waals surface area contributed by atoms with Crippen LogP contribution in [0.2, 0.25) is 10.0 Å². The number of halogens is 2. The lowest BCUT2D eigenvalue weighted by Crippen LogP contribution is -2.42. The van der Waals surface area contributed by atoms with Crippen molar-refractivity contribution in [1.29, 1.82) is 0 Å². The lowest BCUT2D eigenvalue weighted by Gasteiger charge is -2.22. The van der Waals surface area contributed by atoms with E-state index in [4.69, 9.17) is 23.2 Å². The van der Waals surface area contributed by atoms with Gasteiger partial charge in [0.2, 0.25) is 5.91 Å². The fourth-order valence-corrected chi connectivity index (χ4v) is 3.90. The fourth-order valence-electron chi connectivity index (χ4n) is 2.97. The lowest BCUT2D eigenvalue weighted by molar-refractivity contribution is -0.133. The van der Waals surface area contributed by atoms with Gasteiger partial charge in [-0.25, -0.2) is 13.2 Å². The normalized spacial score (nSPS) is 19.0. The zero-order valence-corrected chi connectivity index (χ0v) is 18.2. The molecular weight excluding hydrogens is 453 g/mol. The van der Waals surface area contributed by atoms with Crippen LogP contribution in [0.5, 0.6) is 0 Å². The van der Waals surface area contributed by atoms with Crippen molar-refractivity contribution in [3.05, 3.63) is 58.1 Å². The van der Waals surface area contributed by atoms with Gasteiger partial charge in [-0.1, -0.05) is 29.3 Å². The first-order valence-corrected chi connectivity index (χ1v) is 11.3. The van der Waals surface area contributed by atoms with Crippen LogP contribution in [0.1, 0.15) is 12.5 Å². The molecule has 1 fully saturated rings. The third-order valence-corrected chi connectivity index (χ3v) is 6.51. The third-order valence-electron chi connectivity index (χ3n) is 4.64. The van der Waals surface area contributed by atoms with Gasteiger partial charge in [0.05, 0.1) is 14.9 Å². The Morgan fingerprint density at radius 1 is 1.10 bits per heavy atom. The number of rotatable bonds is 5. The number of hydrogen-bond acceptors (Lipinski definition) is 5. The predicted molar refractivity (Wildman–Crippen MR) is 112 cm³/mol. The molecule has 4 amide bonds. The second-order valence-corrected chi connectivity index (χ2v) is 9.75. The Balaban J connectivity index is 1.73. The number of sulfone groups is 1. The number of nitrogens with zero attached hydrogens (tertiary/aromatic N) is 1. The number of hydrogen-bond donors (Lipinski definition) is 2. The van der Waals surface area contributed by atoms with Crippen LogP contribution in [0.3, 0.4) is 0 Å². The molecule has 0 bridgehead atoms. The minimum atomic E-state index is -3.36. The van der Waals surface area contributed by atoms with E-state index in [-0.39, 0.29) is 9.92 Å². The summed E-state index contributed by atoms with van der Waals surface area (Å²) >= 11 is 11.9. The van der Waals surface area contributed by atoms with Gasteiger partial charge < -0.3 is 10.6 Å². The van der Waals surface area contributed by atoms with Crippen molar-refractivity contribution in [2.75, 3.05) is 18.1 Å². The van der Waals surface area contributed by atoms with E-state index >= 15 is 0 Å². The quantitative estimate of drug-likeness (QED) is 0.653. The van der Waals surface area contributed by atoms with E-state index in [9.17, 15) is 22.8 Å². The molecule has 1 aliphatic heterocycles. The first kappa shape index (κ1) is 22.1. The molecule has 30 heavy (non-hydrogen) atoms. The summed E-state index contributed by atoms with van der Waals surface area (Å²) < 4.78 is 23.0. The zero-order valence-electron chi connectivity index (χ0n) is 15.9. The van der Waals surface area contributed by atoms with Gasteiger partial charge in [0, 0.05) is 11.9 Å². The Kier molecular flexibility index (Phi) is 5.81. The van der Waals surface area contributed by atoms with Gasteiger partial charge in [-0.2, -0.15) is 0 Å². The maximum atomic E-state index is 12.9. The molecule has 158 valence electrons. The summed E-state index contributed by atoms with van der Waals surface area (Å²) in [7, 11) is -3.36. The number of carbonyl (C=O) groups is 3. The van der Waals surface area contributed by atoms with Crippen molar-refractivity contribution >= 4 is 56.6 Å². The minimum absolute atomic E-state index is 0.104. The molecule has 1 atom stereocenters. The van der Waals surface area contributed by atoms with Crippen LogP contribution >= 0.6 is 23.2 Å². The van der Waals surface area contributed by atoms with E-state index in [0.29, 0.717) is 16.3 Å². The molecule has 8 nitrogen and oxygen atoms in total. The topological polar surface area (TPSA) is 113 Å². The van der Waals surface area contributed by atoms with Crippen molar-refractivity contribution in [3.8, 4) is 0 Å². The van der Waals surface area contributed by atoms with Gasteiger partial charge in [-0.05, 0) is 48.9 Å². The second-order valence-electron chi connectivity index (χ2n) is 6.92. The zero-order chi connectivity index (χ0) is 22.3. The van der Waals surface area contributed by atoms with Crippen LogP contribution in [-0.4, -0.2) is 44.0 Å². The third kappa shape index (κ3) is 4.28. The predicted octanol–water partition coefficient (Wildman–Crippen LogP) is 2.80. The maximum Gasteiger partial charge on any atom is 0.325 e. The summed E-state index contributed by atoms with van der Waals surface area (Å²) in [6.45, 7) is 0.990. The minimum Gasteiger partial charge on any atom is -0.325 e. The molecule has 2 N–H and O–H groups in total. The highest BCUT2D eigenvalue weighted by Gasteiger charge is 2.49. The molecule has 0 spiro atoms. The molecule has 0 aliphatic carbocycles. The number of amides is 4. The first-order valence-electron chi connectivity index (χ1n) is 8.61. The van der Waals surface area contributed by atoms with E-state index in [1.165, 1.54) is 43.3 Å². The second kappa shape index (κ2) is 7.90. The SMILES string of the molecule is C[C@]1(c2ccc(Cl)c(Cl)c2)NC(=O)N(CC(=O)Nc2ccc(S(C)(=O)=O)cc2)C1=O. The van der Waals surface area contributed by atoms with E-state index in [1.54, 1.807) is 6.07 Å². The molecule has 3 rings (SSSR count). The number of urea groups is 1. The number of carbonyl (C=O) groups excluding carboxylic acids is 3. The van der Waals surface area contributed by atoms with Gasteiger partial charge in [0.1, 0.15) is 12.1 Å². The van der Waals surface area contributed by atoms with Crippen LogP contribution in [0.4, 0.5) is 10.5 Å². The molecule has 0 radical (unpaired) electrons. The summed E-state index contributed by atoms with van der Waals surface area (Å²) in [5, 5.41) is 5.63. The van der Waals surface area contributed by atoms with Gasteiger partial charge in [0.25, 0.3) is 5.91 Å². The van der Waals surface area contributed by atoms with Crippen LogP contribution in [0.25, 0.3) is 0 Å².